The normalized spacial score (nSPS) is 48.6. The molecular formula is C18H28O2. The van der Waals surface area contributed by atoms with Crippen LogP contribution in [0.25, 0.3) is 0 Å². The summed E-state index contributed by atoms with van der Waals surface area (Å²) < 4.78 is 6.06. The molecule has 4 fully saturated rings. The van der Waals surface area contributed by atoms with E-state index in [0.29, 0.717) is 11.8 Å². The fraction of sp³-hybridized carbons (Fsp3) is 0.944. The first-order valence-corrected chi connectivity index (χ1v) is 8.94. The average Bonchev–Trinajstić information content (AvgIpc) is 2.83. The highest BCUT2D eigenvalue weighted by molar-refractivity contribution is 5.78. The number of ether oxygens (including phenoxy) is 1. The first kappa shape index (κ1) is 13.2. The highest BCUT2D eigenvalue weighted by Crippen LogP contribution is 2.69. The van der Waals surface area contributed by atoms with E-state index in [1.807, 2.05) is 0 Å². The minimum Gasteiger partial charge on any atom is -0.459 e. The molecule has 1 saturated heterocycles. The Morgan fingerprint density at radius 1 is 1.05 bits per heavy atom. The fourth-order valence-corrected chi connectivity index (χ4v) is 6.51. The molecule has 0 aromatic heterocycles. The number of hydrogen-bond acceptors (Lipinski definition) is 2. The summed E-state index contributed by atoms with van der Waals surface area (Å²) in [6, 6.07) is 0. The predicted octanol–water partition coefficient (Wildman–Crippen LogP) is 4.18. The maximum atomic E-state index is 12.5. The minimum absolute atomic E-state index is 0.0305. The fourth-order valence-electron chi connectivity index (χ4n) is 6.51. The van der Waals surface area contributed by atoms with Crippen molar-refractivity contribution < 1.29 is 9.53 Å². The van der Waals surface area contributed by atoms with Gasteiger partial charge < -0.3 is 4.74 Å². The SMILES string of the molecule is CCC1CC(CC)C2C1C1C(=O)OC3(CCCCC3)C12. The number of hydrogen-bond donors (Lipinski definition) is 0. The molecule has 1 aliphatic heterocycles. The highest BCUT2D eigenvalue weighted by atomic mass is 16.6. The van der Waals surface area contributed by atoms with E-state index >= 15 is 0 Å². The second kappa shape index (κ2) is 4.48. The maximum Gasteiger partial charge on any atom is 0.310 e. The molecule has 4 aliphatic rings. The summed E-state index contributed by atoms with van der Waals surface area (Å²) in [7, 11) is 0. The molecule has 112 valence electrons. The second-order valence-electron chi connectivity index (χ2n) is 7.83. The van der Waals surface area contributed by atoms with Crippen LogP contribution >= 0.6 is 0 Å². The summed E-state index contributed by atoms with van der Waals surface area (Å²) in [5, 5.41) is 0. The second-order valence-corrected chi connectivity index (χ2v) is 7.83. The largest absolute Gasteiger partial charge is 0.459 e. The Hall–Kier alpha value is -0.530. The molecule has 0 radical (unpaired) electrons. The van der Waals surface area contributed by atoms with Crippen molar-refractivity contribution in [3.05, 3.63) is 0 Å². The zero-order valence-electron chi connectivity index (χ0n) is 12.9. The Bertz CT molecular complexity index is 410. The van der Waals surface area contributed by atoms with Crippen LogP contribution in [0.4, 0.5) is 0 Å². The minimum atomic E-state index is -0.0305. The molecule has 3 aliphatic carbocycles. The van der Waals surface area contributed by atoms with Gasteiger partial charge in [0.1, 0.15) is 5.60 Å². The smallest absolute Gasteiger partial charge is 0.310 e. The Balaban J connectivity index is 1.66. The van der Waals surface area contributed by atoms with Crippen molar-refractivity contribution in [3.8, 4) is 0 Å². The Kier molecular flexibility index (Phi) is 2.95. The van der Waals surface area contributed by atoms with Gasteiger partial charge in [0.15, 0.2) is 0 Å². The van der Waals surface area contributed by atoms with E-state index in [-0.39, 0.29) is 17.5 Å². The molecular weight excluding hydrogens is 248 g/mol. The number of esters is 1. The van der Waals surface area contributed by atoms with E-state index in [2.05, 4.69) is 13.8 Å². The molecule has 0 bridgehead atoms. The summed E-state index contributed by atoms with van der Waals surface area (Å²) in [5.74, 6) is 4.16. The van der Waals surface area contributed by atoms with E-state index in [1.165, 1.54) is 38.5 Å². The van der Waals surface area contributed by atoms with Crippen LogP contribution in [-0.2, 0) is 9.53 Å². The third kappa shape index (κ3) is 1.49. The van der Waals surface area contributed by atoms with Crippen LogP contribution in [0.2, 0.25) is 0 Å². The van der Waals surface area contributed by atoms with Gasteiger partial charge in [0.25, 0.3) is 0 Å². The van der Waals surface area contributed by atoms with Crippen LogP contribution in [0.15, 0.2) is 0 Å². The molecule has 0 N–H and O–H groups in total. The van der Waals surface area contributed by atoms with Crippen molar-refractivity contribution in [2.45, 2.75) is 70.8 Å². The molecule has 1 spiro atoms. The van der Waals surface area contributed by atoms with Gasteiger partial charge in [0, 0.05) is 5.92 Å². The Morgan fingerprint density at radius 2 is 1.70 bits per heavy atom. The van der Waals surface area contributed by atoms with Gasteiger partial charge in [-0.25, -0.2) is 0 Å². The zero-order chi connectivity index (χ0) is 13.9. The molecule has 20 heavy (non-hydrogen) atoms. The molecule has 1 heterocycles. The van der Waals surface area contributed by atoms with Crippen molar-refractivity contribution in [1.29, 1.82) is 0 Å². The van der Waals surface area contributed by atoms with Crippen LogP contribution in [0, 0.1) is 35.5 Å². The predicted molar refractivity (Wildman–Crippen MR) is 78.0 cm³/mol. The van der Waals surface area contributed by atoms with E-state index < -0.39 is 0 Å². The van der Waals surface area contributed by atoms with Crippen LogP contribution in [0.3, 0.4) is 0 Å². The van der Waals surface area contributed by atoms with Gasteiger partial charge in [0.05, 0.1) is 5.92 Å². The third-order valence-electron chi connectivity index (χ3n) is 7.29. The first-order chi connectivity index (χ1) is 9.72. The van der Waals surface area contributed by atoms with Gasteiger partial charge in [-0.2, -0.15) is 0 Å². The molecule has 2 nitrogen and oxygen atoms in total. The van der Waals surface area contributed by atoms with Crippen LogP contribution in [0.5, 0.6) is 0 Å². The van der Waals surface area contributed by atoms with Crippen LogP contribution < -0.4 is 0 Å². The first-order valence-electron chi connectivity index (χ1n) is 8.94. The summed E-state index contributed by atoms with van der Waals surface area (Å²) in [6.45, 7) is 4.65. The molecule has 0 amide bonds. The van der Waals surface area contributed by atoms with Gasteiger partial charge in [-0.05, 0) is 55.8 Å². The number of carbonyl (C=O) groups is 1. The maximum absolute atomic E-state index is 12.5. The van der Waals surface area contributed by atoms with E-state index in [4.69, 9.17) is 4.74 Å². The lowest BCUT2D eigenvalue weighted by atomic mass is 9.49. The molecule has 0 aromatic rings. The number of fused-ring (bicyclic) bond motifs is 5. The Morgan fingerprint density at radius 3 is 2.35 bits per heavy atom. The molecule has 4 rings (SSSR count). The van der Waals surface area contributed by atoms with Gasteiger partial charge >= 0.3 is 5.97 Å². The van der Waals surface area contributed by atoms with E-state index in [9.17, 15) is 4.79 Å². The number of carbonyl (C=O) groups excluding carboxylic acids is 1. The van der Waals surface area contributed by atoms with E-state index in [0.717, 1.165) is 30.6 Å². The lowest BCUT2D eigenvalue weighted by Gasteiger charge is -2.52. The highest BCUT2D eigenvalue weighted by Gasteiger charge is 2.72. The molecule has 6 atom stereocenters. The molecule has 2 heteroatoms. The van der Waals surface area contributed by atoms with Crippen molar-refractivity contribution in [3.63, 3.8) is 0 Å². The van der Waals surface area contributed by atoms with Crippen molar-refractivity contribution in [2.24, 2.45) is 35.5 Å². The Labute approximate surface area is 122 Å². The molecule has 3 saturated carbocycles. The molecule has 0 aromatic carbocycles. The van der Waals surface area contributed by atoms with Crippen molar-refractivity contribution >= 4 is 5.97 Å². The summed E-state index contributed by atoms with van der Waals surface area (Å²) in [5.41, 5.74) is -0.0305. The van der Waals surface area contributed by atoms with Crippen molar-refractivity contribution in [1.82, 2.24) is 0 Å². The van der Waals surface area contributed by atoms with Gasteiger partial charge in [0.2, 0.25) is 0 Å². The van der Waals surface area contributed by atoms with Gasteiger partial charge in [-0.1, -0.05) is 33.1 Å². The van der Waals surface area contributed by atoms with Gasteiger partial charge in [-0.15, -0.1) is 0 Å². The lowest BCUT2D eigenvalue weighted by molar-refractivity contribution is -0.153. The summed E-state index contributed by atoms with van der Waals surface area (Å²) in [6.07, 6.45) is 10.1. The summed E-state index contributed by atoms with van der Waals surface area (Å²) >= 11 is 0. The van der Waals surface area contributed by atoms with Gasteiger partial charge in [-0.3, -0.25) is 4.79 Å². The third-order valence-corrected chi connectivity index (χ3v) is 7.29. The molecule has 6 unspecified atom stereocenters. The summed E-state index contributed by atoms with van der Waals surface area (Å²) in [4.78, 5) is 12.5. The van der Waals surface area contributed by atoms with Crippen molar-refractivity contribution in [2.75, 3.05) is 0 Å². The standard InChI is InChI=1S/C18H28O2/c1-3-11-10-12(4-2)14-13(11)15-16(14)18(20-17(15)19)8-6-5-7-9-18/h11-16H,3-10H2,1-2H3. The van der Waals surface area contributed by atoms with Crippen LogP contribution in [0.1, 0.15) is 65.2 Å². The monoisotopic (exact) mass is 276 g/mol. The lowest BCUT2D eigenvalue weighted by Crippen LogP contribution is -2.55. The van der Waals surface area contributed by atoms with E-state index in [1.54, 1.807) is 0 Å². The topological polar surface area (TPSA) is 26.3 Å². The number of rotatable bonds is 2. The quantitative estimate of drug-likeness (QED) is 0.707. The average molecular weight is 276 g/mol. The zero-order valence-corrected chi connectivity index (χ0v) is 12.9. The van der Waals surface area contributed by atoms with Crippen LogP contribution in [-0.4, -0.2) is 11.6 Å².